The third-order valence-electron chi connectivity index (χ3n) is 11.4. The molecular weight excluding hydrogens is 600 g/mol. The van der Waals surface area contributed by atoms with E-state index in [4.69, 9.17) is 21.3 Å². The third kappa shape index (κ3) is 6.77. The van der Waals surface area contributed by atoms with Gasteiger partial charge in [-0.15, -0.1) is 11.6 Å². The zero-order valence-corrected chi connectivity index (χ0v) is 28.3. The molecule has 1 aromatic heterocycles. The quantitative estimate of drug-likeness (QED) is 0.346. The van der Waals surface area contributed by atoms with Crippen LogP contribution in [0.3, 0.4) is 0 Å². The zero-order valence-electron chi connectivity index (χ0n) is 26.7. The molecule has 2 saturated carbocycles. The summed E-state index contributed by atoms with van der Waals surface area (Å²) in [5.41, 5.74) is 1.35. The first-order valence-corrected chi connectivity index (χ1v) is 18.3. The van der Waals surface area contributed by atoms with E-state index < -0.39 is 11.6 Å². The van der Waals surface area contributed by atoms with Crippen molar-refractivity contribution in [2.75, 3.05) is 26.0 Å². The number of nitrogens with one attached hydrogen (secondary N) is 1. The van der Waals surface area contributed by atoms with Gasteiger partial charge >= 0.3 is 5.97 Å². The largest absolute Gasteiger partial charge is 0.481 e. The molecule has 9 nitrogen and oxygen atoms in total. The molecule has 3 aliphatic carbocycles. The summed E-state index contributed by atoms with van der Waals surface area (Å²) in [6, 6.07) is 0.552. The highest BCUT2D eigenvalue weighted by Gasteiger charge is 2.51. The Hall–Kier alpha value is -1.17. The average molecular weight is 651 g/mol. The van der Waals surface area contributed by atoms with Gasteiger partial charge in [-0.2, -0.15) is 11.8 Å². The minimum Gasteiger partial charge on any atom is -0.481 e. The number of halogens is 1. The normalized spacial score (nSPS) is 40.3. The second-order valence-corrected chi connectivity index (χ2v) is 16.7. The zero-order chi connectivity index (χ0) is 31.3. The number of fused-ring (bicyclic) bond motifs is 2. The number of alkyl halides is 1. The van der Waals surface area contributed by atoms with Crippen LogP contribution in [0.25, 0.3) is 0 Å². The Balaban J connectivity index is 1.11. The number of nitrogens with zero attached hydrogens (tertiary/aromatic N) is 3. The van der Waals surface area contributed by atoms with Crippen molar-refractivity contribution in [3.8, 4) is 0 Å². The van der Waals surface area contributed by atoms with E-state index in [1.54, 1.807) is 16.3 Å². The summed E-state index contributed by atoms with van der Waals surface area (Å²) >= 11 is 8.55. The summed E-state index contributed by atoms with van der Waals surface area (Å²) in [5, 5.41) is 23.9. The molecule has 0 bridgehead atoms. The highest BCUT2D eigenvalue weighted by atomic mass is 35.5. The number of aromatic nitrogens is 2. The maximum atomic E-state index is 13.8. The van der Waals surface area contributed by atoms with Gasteiger partial charge in [0.05, 0.1) is 36.5 Å². The van der Waals surface area contributed by atoms with Gasteiger partial charge in [0.2, 0.25) is 0 Å². The van der Waals surface area contributed by atoms with E-state index in [2.05, 4.69) is 24.2 Å². The molecule has 3 heterocycles. The molecule has 9 atom stereocenters. The molecule has 2 saturated heterocycles. The molecule has 5 aliphatic rings. The summed E-state index contributed by atoms with van der Waals surface area (Å²) in [6.45, 7) is 7.88. The van der Waals surface area contributed by atoms with Crippen LogP contribution in [0.5, 0.6) is 0 Å². The van der Waals surface area contributed by atoms with Gasteiger partial charge in [-0.25, -0.2) is 4.98 Å². The van der Waals surface area contributed by atoms with E-state index in [0.29, 0.717) is 36.8 Å². The van der Waals surface area contributed by atoms with Crippen LogP contribution in [0.2, 0.25) is 0 Å². The maximum Gasteiger partial charge on any atom is 0.308 e. The molecule has 4 fully saturated rings. The van der Waals surface area contributed by atoms with Gasteiger partial charge < -0.3 is 25.2 Å². The first kappa shape index (κ1) is 32.8. The van der Waals surface area contributed by atoms with E-state index in [9.17, 15) is 19.8 Å². The summed E-state index contributed by atoms with van der Waals surface area (Å²) < 4.78 is 8.44. The van der Waals surface area contributed by atoms with E-state index in [0.717, 1.165) is 81.4 Å². The van der Waals surface area contributed by atoms with Gasteiger partial charge in [0.15, 0.2) is 0 Å². The van der Waals surface area contributed by atoms with Crippen LogP contribution in [-0.4, -0.2) is 97.0 Å². The second-order valence-electron chi connectivity index (χ2n) is 14.9. The van der Waals surface area contributed by atoms with Gasteiger partial charge in [-0.1, -0.05) is 0 Å². The third-order valence-corrected chi connectivity index (χ3v) is 13.4. The van der Waals surface area contributed by atoms with Gasteiger partial charge in [-0.3, -0.25) is 14.2 Å². The van der Waals surface area contributed by atoms with Gasteiger partial charge in [-0.05, 0) is 103 Å². The lowest BCUT2D eigenvalue weighted by molar-refractivity contribution is -0.142. The maximum absolute atomic E-state index is 13.8. The molecule has 6 rings (SSSR count). The molecule has 44 heavy (non-hydrogen) atoms. The average Bonchev–Trinajstić information content (AvgIpc) is 3.38. The number of carboxylic acids is 1. The number of likely N-dealkylation sites (N-methyl/N-ethyl adjacent to an activating group) is 1. The Labute approximate surface area is 270 Å². The number of thioether (sulfide) groups is 1. The topological polar surface area (TPSA) is 117 Å². The first-order chi connectivity index (χ1) is 20.9. The summed E-state index contributed by atoms with van der Waals surface area (Å²) in [5.74, 6) is 1.48. The van der Waals surface area contributed by atoms with E-state index in [-0.39, 0.29) is 46.2 Å². The number of aliphatic hydroxyl groups is 1. The van der Waals surface area contributed by atoms with Crippen molar-refractivity contribution in [2.24, 2.45) is 23.7 Å². The molecular formula is C33H51ClN4O5S. The number of aryl methyl sites for hydroxylation is 2. The number of aliphatic carboxylic acids is 1. The summed E-state index contributed by atoms with van der Waals surface area (Å²) in [7, 11) is 2.15. The first-order valence-electron chi connectivity index (χ1n) is 16.8. The molecule has 0 spiro atoms. The van der Waals surface area contributed by atoms with Crippen LogP contribution >= 0.6 is 23.4 Å². The molecule has 0 aromatic carbocycles. The highest BCUT2D eigenvalue weighted by Crippen LogP contribution is 2.48. The van der Waals surface area contributed by atoms with Crippen molar-refractivity contribution in [1.82, 2.24) is 19.8 Å². The fourth-order valence-corrected chi connectivity index (χ4v) is 11.4. The second kappa shape index (κ2) is 13.1. The molecule has 11 heteroatoms. The van der Waals surface area contributed by atoms with Crippen LogP contribution < -0.4 is 10.9 Å². The Kier molecular flexibility index (Phi) is 9.79. The number of hydrogen-bond acceptors (Lipinski definition) is 8. The Morgan fingerprint density at radius 2 is 2.02 bits per heavy atom. The fourth-order valence-electron chi connectivity index (χ4n) is 9.23. The minimum absolute atomic E-state index is 0.0168. The Morgan fingerprint density at radius 1 is 1.25 bits per heavy atom. The van der Waals surface area contributed by atoms with Crippen LogP contribution in [0, 0.1) is 30.6 Å². The SMILES string of the molecule is Cc1nc2c(c(=O)n1CCOC1CCC(Cl)CC1C1CC(C)NC3C(C(=O)O)CSC13)C[C@@H](N(C)CC1CC(C)(O)C1)CC2. The number of hydrogen-bond donors (Lipinski definition) is 3. The predicted molar refractivity (Wildman–Crippen MR) is 174 cm³/mol. The van der Waals surface area contributed by atoms with Crippen molar-refractivity contribution in [1.29, 1.82) is 0 Å². The molecule has 2 aliphatic heterocycles. The number of rotatable bonds is 9. The van der Waals surface area contributed by atoms with Crippen molar-refractivity contribution in [3.63, 3.8) is 0 Å². The molecule has 0 amide bonds. The van der Waals surface area contributed by atoms with E-state index in [1.807, 2.05) is 13.8 Å². The Morgan fingerprint density at radius 3 is 2.75 bits per heavy atom. The lowest BCUT2D eigenvalue weighted by Gasteiger charge is -2.47. The number of carboxylic acid groups (broad SMARTS) is 1. The smallest absolute Gasteiger partial charge is 0.308 e. The van der Waals surface area contributed by atoms with Gasteiger partial charge in [0, 0.05) is 46.6 Å². The minimum atomic E-state index is -0.706. The molecule has 1 aromatic rings. The molecule has 3 N–H and O–H groups in total. The summed E-state index contributed by atoms with van der Waals surface area (Å²) in [4.78, 5) is 33.0. The van der Waals surface area contributed by atoms with Gasteiger partial charge in [0.25, 0.3) is 5.56 Å². The predicted octanol–water partition coefficient (Wildman–Crippen LogP) is 3.48. The molecule has 246 valence electrons. The van der Waals surface area contributed by atoms with Crippen LogP contribution in [-0.2, 0) is 28.9 Å². The monoisotopic (exact) mass is 650 g/mol. The van der Waals surface area contributed by atoms with Crippen molar-refractivity contribution >= 4 is 29.3 Å². The lowest BCUT2D eigenvalue weighted by atomic mass is 9.70. The van der Waals surface area contributed by atoms with E-state index >= 15 is 0 Å². The molecule has 8 unspecified atom stereocenters. The number of carbonyl (C=O) groups is 1. The van der Waals surface area contributed by atoms with Crippen LogP contribution in [0.15, 0.2) is 4.79 Å². The van der Waals surface area contributed by atoms with Crippen molar-refractivity contribution < 1.29 is 19.7 Å². The van der Waals surface area contributed by atoms with Crippen molar-refractivity contribution in [3.05, 3.63) is 27.4 Å². The summed E-state index contributed by atoms with van der Waals surface area (Å²) in [6.07, 6.45) is 7.97. The van der Waals surface area contributed by atoms with Crippen molar-refractivity contribution in [2.45, 2.75) is 126 Å². The van der Waals surface area contributed by atoms with Gasteiger partial charge in [0.1, 0.15) is 5.82 Å². The van der Waals surface area contributed by atoms with Crippen LogP contribution in [0.1, 0.15) is 75.9 Å². The number of piperidine rings is 1. The molecule has 0 radical (unpaired) electrons. The number of ether oxygens (including phenoxy) is 1. The van der Waals surface area contributed by atoms with E-state index in [1.165, 1.54) is 0 Å². The lowest BCUT2D eigenvalue weighted by Crippen LogP contribution is -2.57. The van der Waals surface area contributed by atoms with Crippen LogP contribution in [0.4, 0.5) is 0 Å². The Bertz CT molecular complexity index is 1270. The fraction of sp³-hybridized carbons (Fsp3) is 0.848. The standard InChI is InChI=1S/C33H51ClN4O5S/c1-18-11-24(30-29(35-18)26(17-44-30)32(40)41)23-12-21(34)5-8-28(23)43-10-9-38-19(2)36-27-7-6-22(13-25(27)31(38)39)37(4)16-20-14-33(3,42)15-20/h18,20-24,26,28-30,35,42H,5-17H2,1-4H3,(H,40,41)/t18?,20?,21?,22-,23?,24?,26?,28?,29?,30?,33?/m0/s1. The highest BCUT2D eigenvalue weighted by molar-refractivity contribution is 8.00.